The largest absolute Gasteiger partial charge is 0.481 e. The fourth-order valence-electron chi connectivity index (χ4n) is 2.85. The van der Waals surface area contributed by atoms with Gasteiger partial charge in [-0.25, -0.2) is 0 Å². The summed E-state index contributed by atoms with van der Waals surface area (Å²) < 4.78 is 0.689. The van der Waals surface area contributed by atoms with Crippen molar-refractivity contribution < 1.29 is 14.7 Å². The fourth-order valence-corrected chi connectivity index (χ4v) is 3.34. The molecule has 0 aliphatic heterocycles. The Kier molecular flexibility index (Phi) is 5.27. The molecule has 0 radical (unpaired) electrons. The van der Waals surface area contributed by atoms with Crippen molar-refractivity contribution in [3.63, 3.8) is 0 Å². The first-order valence-corrected chi connectivity index (χ1v) is 8.08. The summed E-state index contributed by atoms with van der Waals surface area (Å²) in [5.74, 6) is -1.87. The van der Waals surface area contributed by atoms with E-state index in [-0.39, 0.29) is 5.91 Å². The van der Waals surface area contributed by atoms with Crippen LogP contribution in [-0.4, -0.2) is 17.0 Å². The molecule has 0 spiro atoms. The molecule has 2 rings (SSSR count). The molecule has 0 saturated heterocycles. The average molecular weight is 375 g/mol. The van der Waals surface area contributed by atoms with Crippen LogP contribution in [0.5, 0.6) is 0 Å². The number of anilines is 1. The van der Waals surface area contributed by atoms with Crippen LogP contribution in [-0.2, 0) is 9.59 Å². The van der Waals surface area contributed by atoms with Crippen LogP contribution in [0.15, 0.2) is 22.7 Å². The molecule has 0 aromatic heterocycles. The highest BCUT2D eigenvalue weighted by Crippen LogP contribution is 2.39. The first-order valence-electron chi connectivity index (χ1n) is 6.91. The number of aliphatic carboxylic acids is 1. The molecule has 21 heavy (non-hydrogen) atoms. The summed E-state index contributed by atoms with van der Waals surface area (Å²) in [5, 5.41) is 12.6. The highest BCUT2D eigenvalue weighted by molar-refractivity contribution is 9.10. The third-order valence-electron chi connectivity index (χ3n) is 4.08. The molecule has 0 bridgehead atoms. The van der Waals surface area contributed by atoms with Crippen molar-refractivity contribution in [2.24, 2.45) is 17.8 Å². The lowest BCUT2D eigenvalue weighted by atomic mass is 9.95. The van der Waals surface area contributed by atoms with E-state index in [1.54, 1.807) is 18.2 Å². The van der Waals surface area contributed by atoms with Gasteiger partial charge in [-0.05, 0) is 52.9 Å². The first-order chi connectivity index (χ1) is 9.92. The number of nitrogens with one attached hydrogen (secondary N) is 1. The molecule has 4 nitrogen and oxygen atoms in total. The zero-order chi connectivity index (χ0) is 15.6. The minimum absolute atomic E-state index is 0.229. The molecule has 6 heteroatoms. The van der Waals surface area contributed by atoms with Gasteiger partial charge in [0.2, 0.25) is 5.91 Å². The van der Waals surface area contributed by atoms with Crippen LogP contribution >= 0.6 is 27.5 Å². The molecule has 3 atom stereocenters. The zero-order valence-electron chi connectivity index (χ0n) is 11.6. The fraction of sp³-hybridized carbons (Fsp3) is 0.467. The van der Waals surface area contributed by atoms with Crippen LogP contribution in [0, 0.1) is 17.8 Å². The topological polar surface area (TPSA) is 66.4 Å². The lowest BCUT2D eigenvalue weighted by Gasteiger charge is -2.15. The number of amides is 1. The molecule has 0 heterocycles. The number of carbonyl (C=O) groups is 2. The van der Waals surface area contributed by atoms with Gasteiger partial charge in [-0.1, -0.05) is 24.9 Å². The molecule has 1 fully saturated rings. The zero-order valence-corrected chi connectivity index (χ0v) is 13.9. The van der Waals surface area contributed by atoms with Gasteiger partial charge in [0.15, 0.2) is 0 Å². The lowest BCUT2D eigenvalue weighted by Crippen LogP contribution is -2.29. The summed E-state index contributed by atoms with van der Waals surface area (Å²) in [6.45, 7) is 2.03. The molecule has 3 unspecified atom stereocenters. The van der Waals surface area contributed by atoms with Crippen LogP contribution < -0.4 is 5.32 Å². The molecule has 2 N–H and O–H groups in total. The van der Waals surface area contributed by atoms with Crippen molar-refractivity contribution in [2.45, 2.75) is 26.2 Å². The van der Waals surface area contributed by atoms with Crippen LogP contribution in [0.2, 0.25) is 5.02 Å². The third-order valence-corrected chi connectivity index (χ3v) is 5.29. The van der Waals surface area contributed by atoms with E-state index in [1.807, 2.05) is 6.92 Å². The molecule has 1 aliphatic carbocycles. The Bertz CT molecular complexity index is 564. The number of benzene rings is 1. The van der Waals surface area contributed by atoms with Gasteiger partial charge in [0.25, 0.3) is 0 Å². The van der Waals surface area contributed by atoms with E-state index in [4.69, 9.17) is 11.6 Å². The number of carboxylic acid groups (broad SMARTS) is 1. The number of hydrogen-bond donors (Lipinski definition) is 2. The van der Waals surface area contributed by atoms with Crippen molar-refractivity contribution in [1.82, 2.24) is 0 Å². The van der Waals surface area contributed by atoms with E-state index < -0.39 is 17.8 Å². The predicted octanol–water partition coefficient (Wildman–Crippen LogP) is 4.18. The Labute approximate surface area is 137 Å². The maximum Gasteiger partial charge on any atom is 0.307 e. The van der Waals surface area contributed by atoms with Gasteiger partial charge in [0.1, 0.15) is 0 Å². The smallest absolute Gasteiger partial charge is 0.307 e. The van der Waals surface area contributed by atoms with Gasteiger partial charge in [0.05, 0.1) is 16.9 Å². The summed E-state index contributed by atoms with van der Waals surface area (Å²) >= 11 is 9.21. The number of hydrogen-bond acceptors (Lipinski definition) is 2. The second-order valence-corrected chi connectivity index (χ2v) is 6.68. The van der Waals surface area contributed by atoms with Crippen molar-refractivity contribution in [1.29, 1.82) is 0 Å². The van der Waals surface area contributed by atoms with Gasteiger partial charge in [-0.2, -0.15) is 0 Å². The molecule has 1 aromatic rings. The van der Waals surface area contributed by atoms with Crippen molar-refractivity contribution >= 4 is 45.1 Å². The van der Waals surface area contributed by atoms with Gasteiger partial charge in [-0.3, -0.25) is 9.59 Å². The highest BCUT2D eigenvalue weighted by Gasteiger charge is 2.42. The Morgan fingerprint density at radius 1 is 1.38 bits per heavy atom. The summed E-state index contributed by atoms with van der Waals surface area (Å²) in [6.07, 6.45) is 2.11. The molecule has 1 amide bonds. The van der Waals surface area contributed by atoms with Crippen LogP contribution in [0.3, 0.4) is 0 Å². The Morgan fingerprint density at radius 2 is 2.05 bits per heavy atom. The molecular weight excluding hydrogens is 358 g/mol. The minimum Gasteiger partial charge on any atom is -0.481 e. The average Bonchev–Trinajstić information content (AvgIpc) is 2.87. The standard InChI is InChI=1S/C15H17BrClNO3/c1-2-8-5-10(11(6-8)15(20)21)14(19)18-9-3-4-13(17)12(16)7-9/h3-4,7-8,10-11H,2,5-6H2,1H3,(H,18,19)(H,20,21). The second-order valence-electron chi connectivity index (χ2n) is 5.42. The predicted molar refractivity (Wildman–Crippen MR) is 85.4 cm³/mol. The summed E-state index contributed by atoms with van der Waals surface area (Å²) in [4.78, 5) is 23.7. The van der Waals surface area contributed by atoms with Crippen molar-refractivity contribution in [3.8, 4) is 0 Å². The van der Waals surface area contributed by atoms with Crippen LogP contribution in [0.4, 0.5) is 5.69 Å². The lowest BCUT2D eigenvalue weighted by molar-refractivity contribution is -0.145. The summed E-state index contributed by atoms with van der Waals surface area (Å²) in [7, 11) is 0. The monoisotopic (exact) mass is 373 g/mol. The normalized spacial score (nSPS) is 24.8. The Balaban J connectivity index is 2.11. The number of carboxylic acids is 1. The molecule has 1 saturated carbocycles. The van der Waals surface area contributed by atoms with E-state index in [9.17, 15) is 14.7 Å². The maximum atomic E-state index is 12.4. The first kappa shape index (κ1) is 16.3. The maximum absolute atomic E-state index is 12.4. The Hall–Kier alpha value is -1.07. The number of rotatable bonds is 4. The van der Waals surface area contributed by atoms with E-state index in [0.29, 0.717) is 33.9 Å². The van der Waals surface area contributed by atoms with Gasteiger partial charge >= 0.3 is 5.97 Å². The van der Waals surface area contributed by atoms with E-state index in [2.05, 4.69) is 21.2 Å². The van der Waals surface area contributed by atoms with Crippen LogP contribution in [0.1, 0.15) is 26.2 Å². The quantitative estimate of drug-likeness (QED) is 0.831. The SMILES string of the molecule is CCC1CC(C(=O)O)C(C(=O)Nc2ccc(Cl)c(Br)c2)C1. The number of halogens is 2. The molecule has 1 aliphatic rings. The molecule has 114 valence electrons. The Morgan fingerprint density at radius 3 is 2.62 bits per heavy atom. The van der Waals surface area contributed by atoms with E-state index >= 15 is 0 Å². The van der Waals surface area contributed by atoms with Gasteiger partial charge in [-0.15, -0.1) is 0 Å². The minimum atomic E-state index is -0.886. The highest BCUT2D eigenvalue weighted by atomic mass is 79.9. The summed E-state index contributed by atoms with van der Waals surface area (Å²) in [5.41, 5.74) is 0.611. The van der Waals surface area contributed by atoms with Crippen LogP contribution in [0.25, 0.3) is 0 Å². The summed E-state index contributed by atoms with van der Waals surface area (Å²) in [6, 6.07) is 5.09. The molecular formula is C15H17BrClNO3. The number of carbonyl (C=O) groups excluding carboxylic acids is 1. The molecule has 1 aromatic carbocycles. The second kappa shape index (κ2) is 6.79. The van der Waals surface area contributed by atoms with E-state index in [0.717, 1.165) is 6.42 Å². The van der Waals surface area contributed by atoms with E-state index in [1.165, 1.54) is 0 Å². The van der Waals surface area contributed by atoms with Crippen molar-refractivity contribution in [2.75, 3.05) is 5.32 Å². The third kappa shape index (κ3) is 3.77. The van der Waals surface area contributed by atoms with Crippen molar-refractivity contribution in [3.05, 3.63) is 27.7 Å². The van der Waals surface area contributed by atoms with Gasteiger partial charge in [0, 0.05) is 10.2 Å². The van der Waals surface area contributed by atoms with Gasteiger partial charge < -0.3 is 10.4 Å².